The van der Waals surface area contributed by atoms with Crippen molar-refractivity contribution in [1.82, 2.24) is 0 Å². The lowest BCUT2D eigenvalue weighted by molar-refractivity contribution is 0.103. The number of ether oxygens (including phenoxy) is 5. The molecule has 0 aliphatic rings. The Balaban J connectivity index is 2.36. The predicted octanol–water partition coefficient (Wildman–Crippen LogP) is 4.40. The maximum absolute atomic E-state index is 14.7. The van der Waals surface area contributed by atoms with E-state index in [2.05, 4.69) is 0 Å². The number of rotatable bonds is 10. The van der Waals surface area contributed by atoms with E-state index in [4.69, 9.17) is 23.7 Å². The monoisotopic (exact) mass is 484 g/mol. The topological polar surface area (TPSA) is 97.4 Å². The van der Waals surface area contributed by atoms with Crippen molar-refractivity contribution in [3.05, 3.63) is 71.8 Å². The van der Waals surface area contributed by atoms with E-state index >= 15 is 0 Å². The van der Waals surface area contributed by atoms with E-state index in [0.29, 0.717) is 5.75 Å². The molecule has 1 atom stereocenters. The minimum atomic E-state index is -4.52. The minimum absolute atomic E-state index is 0.0529. The summed E-state index contributed by atoms with van der Waals surface area (Å²) in [5, 5.41) is 0.0536. The fourth-order valence-electron chi connectivity index (χ4n) is 3.56. The van der Waals surface area contributed by atoms with Crippen LogP contribution in [0.4, 0.5) is 0 Å². The van der Waals surface area contributed by atoms with E-state index in [-0.39, 0.29) is 39.4 Å². The van der Waals surface area contributed by atoms with Crippen molar-refractivity contribution in [1.29, 1.82) is 0 Å². The van der Waals surface area contributed by atoms with Crippen molar-refractivity contribution < 1.29 is 37.8 Å². The van der Waals surface area contributed by atoms with E-state index < -0.39 is 18.2 Å². The van der Waals surface area contributed by atoms with Crippen molar-refractivity contribution in [3.63, 3.8) is 0 Å². The molecule has 0 bridgehead atoms. The number of carbonyl (C=O) groups is 2. The summed E-state index contributed by atoms with van der Waals surface area (Å²) in [7, 11) is 2.37. The summed E-state index contributed by atoms with van der Waals surface area (Å²) < 4.78 is 41.4. The van der Waals surface area contributed by atoms with Gasteiger partial charge in [-0.2, -0.15) is 0 Å². The van der Waals surface area contributed by atoms with Gasteiger partial charge in [0.1, 0.15) is 39.9 Å². The molecule has 3 aromatic carbocycles. The highest BCUT2D eigenvalue weighted by molar-refractivity contribution is 8.01. The molecule has 0 saturated carbocycles. The summed E-state index contributed by atoms with van der Waals surface area (Å²) in [6.07, 6.45) is 0. The number of carbonyl (C=O) groups excluding carboxylic acids is 2. The first-order valence-corrected chi connectivity index (χ1v) is 11.8. The third-order valence-corrected chi connectivity index (χ3v) is 7.88. The van der Waals surface area contributed by atoms with Gasteiger partial charge in [0.2, 0.25) is 18.2 Å². The van der Waals surface area contributed by atoms with Crippen molar-refractivity contribution in [2.75, 3.05) is 35.5 Å². The number of hydrogen-bond donors (Lipinski definition) is 0. The smallest absolute Gasteiger partial charge is 0.249 e. The van der Waals surface area contributed by atoms with E-state index in [1.807, 2.05) is 0 Å². The molecule has 0 aromatic heterocycles. The molecule has 9 heteroatoms. The largest absolute Gasteiger partial charge is 0.496 e. The zero-order valence-electron chi connectivity index (χ0n) is 19.5. The highest BCUT2D eigenvalue weighted by Gasteiger charge is 2.47. The maximum atomic E-state index is 14.7. The van der Waals surface area contributed by atoms with Gasteiger partial charge < -0.3 is 28.2 Å². The fraction of sp³-hybridized carbons (Fsp3) is 0.200. The van der Waals surface area contributed by atoms with Crippen LogP contribution in [0.15, 0.2) is 60.7 Å². The lowest BCUT2D eigenvalue weighted by Gasteiger charge is -2.21. The molecule has 8 nitrogen and oxygen atoms in total. The molecule has 0 spiro atoms. The molecule has 3 aromatic rings. The predicted molar refractivity (Wildman–Crippen MR) is 128 cm³/mol. The van der Waals surface area contributed by atoms with E-state index in [0.717, 1.165) is 0 Å². The number of hydrogen-bond acceptors (Lipinski definition) is 8. The van der Waals surface area contributed by atoms with Gasteiger partial charge in [-0.1, -0.05) is 36.4 Å². The molecule has 0 saturated heterocycles. The summed E-state index contributed by atoms with van der Waals surface area (Å²) >= 11 is 0. The van der Waals surface area contributed by atoms with Crippen LogP contribution < -0.4 is 29.0 Å². The SMILES string of the molecule is COc1cc(OC)c(C(=O)P(=O)(C(=O)c2c(OC)cccc2OC)c2ccccc2)c(OC)c1. The molecule has 0 aliphatic heterocycles. The normalized spacial score (nSPS) is 12.3. The van der Waals surface area contributed by atoms with Crippen LogP contribution in [0.1, 0.15) is 20.7 Å². The molecule has 0 heterocycles. The molecular formula is C25H25O8P. The van der Waals surface area contributed by atoms with Gasteiger partial charge in [0.05, 0.1) is 35.5 Å². The Morgan fingerprint density at radius 1 is 0.588 bits per heavy atom. The highest BCUT2D eigenvalue weighted by Crippen LogP contribution is 2.56. The molecule has 0 aliphatic carbocycles. The van der Waals surface area contributed by atoms with Crippen molar-refractivity contribution in [2.24, 2.45) is 0 Å². The summed E-state index contributed by atoms with van der Waals surface area (Å²) in [6.45, 7) is 0. The quantitative estimate of drug-likeness (QED) is 0.391. The van der Waals surface area contributed by atoms with E-state index in [1.165, 1.54) is 71.9 Å². The second-order valence-corrected chi connectivity index (χ2v) is 9.55. The number of methoxy groups -OCH3 is 5. The molecule has 0 N–H and O–H groups in total. The first-order chi connectivity index (χ1) is 16.4. The third kappa shape index (κ3) is 4.24. The Bertz CT molecular complexity index is 1210. The second kappa shape index (κ2) is 10.4. The Kier molecular flexibility index (Phi) is 7.64. The van der Waals surface area contributed by atoms with Gasteiger partial charge in [0, 0.05) is 17.4 Å². The van der Waals surface area contributed by atoms with Gasteiger partial charge in [-0.25, -0.2) is 0 Å². The van der Waals surface area contributed by atoms with Crippen LogP contribution in [0.5, 0.6) is 28.7 Å². The van der Waals surface area contributed by atoms with Gasteiger partial charge in [-0.3, -0.25) is 9.59 Å². The molecule has 3 rings (SSSR count). The van der Waals surface area contributed by atoms with Crippen LogP contribution >= 0.6 is 7.14 Å². The maximum Gasteiger partial charge on any atom is 0.249 e. The van der Waals surface area contributed by atoms with Gasteiger partial charge in [0.15, 0.2) is 0 Å². The van der Waals surface area contributed by atoms with Crippen molar-refractivity contribution in [3.8, 4) is 28.7 Å². The van der Waals surface area contributed by atoms with Crippen LogP contribution in [-0.2, 0) is 4.57 Å². The highest BCUT2D eigenvalue weighted by atomic mass is 31.2. The van der Waals surface area contributed by atoms with Crippen LogP contribution in [0.2, 0.25) is 0 Å². The average Bonchev–Trinajstić information content (AvgIpc) is 2.90. The van der Waals surface area contributed by atoms with Gasteiger partial charge >= 0.3 is 0 Å². The van der Waals surface area contributed by atoms with Crippen molar-refractivity contribution >= 4 is 23.5 Å². The zero-order valence-corrected chi connectivity index (χ0v) is 20.4. The van der Waals surface area contributed by atoms with Crippen LogP contribution in [0, 0.1) is 0 Å². The molecular weight excluding hydrogens is 459 g/mol. The molecule has 1 unspecified atom stereocenters. The first kappa shape index (κ1) is 24.9. The van der Waals surface area contributed by atoms with Gasteiger partial charge in [-0.05, 0) is 12.1 Å². The van der Waals surface area contributed by atoms with E-state index in [9.17, 15) is 14.2 Å². The first-order valence-electron chi connectivity index (χ1n) is 10.1. The molecule has 0 radical (unpaired) electrons. The summed E-state index contributed by atoms with van der Waals surface area (Å²) in [6, 6.07) is 15.4. The molecule has 178 valence electrons. The Morgan fingerprint density at radius 3 is 1.44 bits per heavy atom. The summed E-state index contributed by atoms with van der Waals surface area (Å²) in [5.41, 5.74) is -2.12. The molecule has 0 amide bonds. The van der Waals surface area contributed by atoms with Crippen LogP contribution in [0.3, 0.4) is 0 Å². The van der Waals surface area contributed by atoms with Crippen LogP contribution in [0.25, 0.3) is 0 Å². The Labute approximate surface area is 197 Å². The Hall–Kier alpha value is -3.77. The lowest BCUT2D eigenvalue weighted by Crippen LogP contribution is -2.22. The second-order valence-electron chi connectivity index (χ2n) is 7.00. The standard InChI is InChI=1S/C25H25O8P/c1-29-16-14-20(32-4)23(21(15-16)33-5)25(27)34(28,17-10-7-6-8-11-17)24(26)22-18(30-2)12-9-13-19(22)31-3/h6-15H,1-5H3. The molecule has 0 fully saturated rings. The van der Waals surface area contributed by atoms with Gasteiger partial charge in [0.25, 0.3) is 0 Å². The fourth-order valence-corrected chi connectivity index (χ4v) is 5.87. The average molecular weight is 484 g/mol. The van der Waals surface area contributed by atoms with E-state index in [1.54, 1.807) is 24.3 Å². The number of benzene rings is 3. The lowest BCUT2D eigenvalue weighted by atomic mass is 10.2. The minimum Gasteiger partial charge on any atom is -0.496 e. The zero-order chi connectivity index (χ0) is 24.9. The summed E-state index contributed by atoms with van der Waals surface area (Å²) in [5.74, 6) is 0.718. The molecule has 34 heavy (non-hydrogen) atoms. The van der Waals surface area contributed by atoms with Crippen LogP contribution in [-0.4, -0.2) is 46.6 Å². The third-order valence-electron chi connectivity index (χ3n) is 5.26. The van der Waals surface area contributed by atoms with Crippen molar-refractivity contribution in [2.45, 2.75) is 0 Å². The van der Waals surface area contributed by atoms with Gasteiger partial charge in [-0.15, -0.1) is 0 Å². The summed E-state index contributed by atoms with van der Waals surface area (Å²) in [4.78, 5) is 28.1. The Morgan fingerprint density at radius 2 is 1.03 bits per heavy atom.